The Morgan fingerprint density at radius 1 is 0.300 bits per heavy atom. The van der Waals surface area contributed by atoms with Crippen molar-refractivity contribution in [1.82, 2.24) is 0 Å². The highest BCUT2D eigenvalue weighted by molar-refractivity contribution is 5.83. The molecule has 0 radical (unpaired) electrons. The molecule has 0 heterocycles. The normalized spacial score (nSPS) is 13.0. The van der Waals surface area contributed by atoms with Gasteiger partial charge in [0, 0.05) is 0 Å². The highest BCUT2D eigenvalue weighted by atomic mass is 14.3. The van der Waals surface area contributed by atoms with Crippen LogP contribution in [0, 0.1) is 0 Å². The van der Waals surface area contributed by atoms with E-state index in [-0.39, 0.29) is 21.7 Å². The van der Waals surface area contributed by atoms with Gasteiger partial charge in [-0.2, -0.15) is 0 Å². The summed E-state index contributed by atoms with van der Waals surface area (Å²) < 4.78 is 0. The van der Waals surface area contributed by atoms with Gasteiger partial charge in [0.2, 0.25) is 0 Å². The average Bonchev–Trinajstić information content (AvgIpc) is 2.86. The number of rotatable bonds is 3. The Hall–Kier alpha value is -3.12. The van der Waals surface area contributed by atoms with E-state index >= 15 is 0 Å². The van der Waals surface area contributed by atoms with Gasteiger partial charge in [-0.25, -0.2) is 0 Å². The lowest BCUT2D eigenvalue weighted by molar-refractivity contribution is 0.570. The summed E-state index contributed by atoms with van der Waals surface area (Å²) in [5.41, 5.74) is 13.6. The van der Waals surface area contributed by atoms with Crippen LogP contribution in [0.4, 0.5) is 0 Å². The summed E-state index contributed by atoms with van der Waals surface area (Å²) in [5, 5.41) is 0. The van der Waals surface area contributed by atoms with Gasteiger partial charge in [-0.05, 0) is 102 Å². The van der Waals surface area contributed by atoms with Crippen molar-refractivity contribution in [1.29, 1.82) is 0 Å². The van der Waals surface area contributed by atoms with Gasteiger partial charge >= 0.3 is 0 Å². The summed E-state index contributed by atoms with van der Waals surface area (Å²) in [4.78, 5) is 0. The van der Waals surface area contributed by atoms with Crippen LogP contribution in [0.15, 0.2) is 84.9 Å². The van der Waals surface area contributed by atoms with E-state index in [1.54, 1.807) is 0 Å². The van der Waals surface area contributed by atoms with Gasteiger partial charge in [-0.1, -0.05) is 144 Å². The first-order valence-corrected chi connectivity index (χ1v) is 14.9. The molecule has 0 spiro atoms. The molecule has 0 aliphatic heterocycles. The summed E-state index contributed by atoms with van der Waals surface area (Å²) in [7, 11) is 0. The second kappa shape index (κ2) is 10.4. The smallest absolute Gasteiger partial charge is 0.0109 e. The van der Waals surface area contributed by atoms with E-state index < -0.39 is 0 Å². The molecule has 0 aliphatic carbocycles. The van der Waals surface area contributed by atoms with E-state index in [1.165, 1.54) is 55.6 Å². The summed E-state index contributed by atoms with van der Waals surface area (Å²) in [6.07, 6.45) is 0. The van der Waals surface area contributed by atoms with Gasteiger partial charge in [0.15, 0.2) is 0 Å². The van der Waals surface area contributed by atoms with Crippen LogP contribution in [0.25, 0.3) is 33.4 Å². The molecule has 4 aromatic carbocycles. The minimum atomic E-state index is -0.00905. The quantitative estimate of drug-likeness (QED) is 0.247. The Labute approximate surface area is 244 Å². The number of hydrogen-bond donors (Lipinski definition) is 0. The predicted octanol–water partition coefficient (Wildman–Crippen LogP) is 11.9. The van der Waals surface area contributed by atoms with Gasteiger partial charge in [0.1, 0.15) is 0 Å². The third-order valence-corrected chi connectivity index (χ3v) is 7.97. The van der Waals surface area contributed by atoms with E-state index in [9.17, 15) is 0 Å². The lowest BCUT2D eigenvalue weighted by atomic mass is 9.71. The summed E-state index contributed by atoms with van der Waals surface area (Å²) in [6, 6.07) is 31.9. The number of hydrogen-bond acceptors (Lipinski definition) is 0. The van der Waals surface area contributed by atoms with Crippen LogP contribution in [0.5, 0.6) is 0 Å². The lowest BCUT2D eigenvalue weighted by Crippen LogP contribution is -2.21. The molecule has 0 aliphatic rings. The first-order valence-electron chi connectivity index (χ1n) is 14.9. The van der Waals surface area contributed by atoms with E-state index in [0.717, 1.165) is 0 Å². The Morgan fingerprint density at radius 2 is 0.525 bits per heavy atom. The molecule has 0 heteroatoms. The standard InChI is InChI=1S/C40H50/c1-37(2,3)31-23-29(24-32(38(4,5)6)35(31)27-19-15-13-16-20-27)30-25-33(39(7,8)9)36(28-21-17-14-18-22-28)34(26-30)40(10,11)12/h13-26H,1-12H3. The fraction of sp³-hybridized carbons (Fsp3) is 0.400. The van der Waals surface area contributed by atoms with Crippen LogP contribution in [-0.4, -0.2) is 0 Å². The summed E-state index contributed by atoms with van der Waals surface area (Å²) in [5.74, 6) is 0. The van der Waals surface area contributed by atoms with Crippen LogP contribution >= 0.6 is 0 Å². The van der Waals surface area contributed by atoms with E-state index in [1.807, 2.05) is 0 Å². The van der Waals surface area contributed by atoms with Crippen LogP contribution in [0.2, 0.25) is 0 Å². The molecule has 4 aromatic rings. The van der Waals surface area contributed by atoms with Gasteiger partial charge in [-0.3, -0.25) is 0 Å². The Morgan fingerprint density at radius 3 is 0.725 bits per heavy atom. The number of benzene rings is 4. The molecule has 0 unspecified atom stereocenters. The third kappa shape index (κ3) is 6.12. The highest BCUT2D eigenvalue weighted by Crippen LogP contribution is 2.46. The van der Waals surface area contributed by atoms with Crippen molar-refractivity contribution in [3.63, 3.8) is 0 Å². The van der Waals surface area contributed by atoms with Crippen molar-refractivity contribution < 1.29 is 0 Å². The van der Waals surface area contributed by atoms with Gasteiger partial charge in [0.25, 0.3) is 0 Å². The molecule has 0 amide bonds. The molecule has 0 saturated carbocycles. The first kappa shape index (κ1) is 29.9. The van der Waals surface area contributed by atoms with Crippen LogP contribution in [0.3, 0.4) is 0 Å². The van der Waals surface area contributed by atoms with Crippen molar-refractivity contribution >= 4 is 0 Å². The monoisotopic (exact) mass is 530 g/mol. The second-order valence-corrected chi connectivity index (χ2v) is 15.6. The molecule has 0 fully saturated rings. The molecule has 0 bridgehead atoms. The molecule has 4 rings (SSSR count). The molecule has 0 saturated heterocycles. The third-order valence-electron chi connectivity index (χ3n) is 7.97. The zero-order valence-corrected chi connectivity index (χ0v) is 27.1. The van der Waals surface area contributed by atoms with E-state index in [0.29, 0.717) is 0 Å². The van der Waals surface area contributed by atoms with Crippen LogP contribution in [0.1, 0.15) is 105 Å². The van der Waals surface area contributed by atoms with Crippen LogP contribution in [-0.2, 0) is 21.7 Å². The van der Waals surface area contributed by atoms with Crippen molar-refractivity contribution in [2.75, 3.05) is 0 Å². The molecule has 40 heavy (non-hydrogen) atoms. The highest BCUT2D eigenvalue weighted by Gasteiger charge is 2.30. The second-order valence-electron chi connectivity index (χ2n) is 15.6. The predicted molar refractivity (Wildman–Crippen MR) is 178 cm³/mol. The van der Waals surface area contributed by atoms with Crippen molar-refractivity contribution in [3.8, 4) is 33.4 Å². The largest absolute Gasteiger partial charge is 0.0622 e. The van der Waals surface area contributed by atoms with Crippen molar-refractivity contribution in [2.45, 2.75) is 105 Å². The molecular weight excluding hydrogens is 480 g/mol. The maximum Gasteiger partial charge on any atom is -0.0109 e. The van der Waals surface area contributed by atoms with Crippen molar-refractivity contribution in [2.24, 2.45) is 0 Å². The molecule has 210 valence electrons. The maximum atomic E-state index is 2.48. The Balaban J connectivity index is 2.15. The fourth-order valence-electron chi connectivity index (χ4n) is 5.82. The van der Waals surface area contributed by atoms with Crippen LogP contribution < -0.4 is 0 Å². The average molecular weight is 531 g/mol. The topological polar surface area (TPSA) is 0 Å². The molecule has 0 aromatic heterocycles. The molecule has 0 nitrogen and oxygen atoms in total. The molecular formula is C40H50. The fourth-order valence-corrected chi connectivity index (χ4v) is 5.82. The van der Waals surface area contributed by atoms with Crippen molar-refractivity contribution in [3.05, 3.63) is 107 Å². The lowest BCUT2D eigenvalue weighted by Gasteiger charge is -2.33. The zero-order chi connectivity index (χ0) is 29.7. The first-order chi connectivity index (χ1) is 18.4. The zero-order valence-electron chi connectivity index (χ0n) is 27.1. The maximum absolute atomic E-state index is 2.48. The molecule has 0 N–H and O–H groups in total. The Bertz CT molecular complexity index is 1290. The minimum Gasteiger partial charge on any atom is -0.0622 e. The summed E-state index contributed by atoms with van der Waals surface area (Å²) in [6.45, 7) is 28.2. The van der Waals surface area contributed by atoms with Gasteiger partial charge in [0.05, 0.1) is 0 Å². The van der Waals surface area contributed by atoms with E-state index in [4.69, 9.17) is 0 Å². The summed E-state index contributed by atoms with van der Waals surface area (Å²) >= 11 is 0. The SMILES string of the molecule is CC(C)(C)c1cc(-c2cc(C(C)(C)C)c(-c3ccccc3)c(C(C)(C)C)c2)cc(C(C)(C)C)c1-c1ccccc1. The van der Waals surface area contributed by atoms with Gasteiger partial charge < -0.3 is 0 Å². The van der Waals surface area contributed by atoms with Gasteiger partial charge in [-0.15, -0.1) is 0 Å². The van der Waals surface area contributed by atoms with E-state index in [2.05, 4.69) is 168 Å². The Kier molecular flexibility index (Phi) is 7.74. The molecule has 0 atom stereocenters. The minimum absolute atomic E-state index is 0.00905.